The predicted molar refractivity (Wildman–Crippen MR) is 88.6 cm³/mol. The van der Waals surface area contributed by atoms with Gasteiger partial charge in [-0.2, -0.15) is 13.2 Å². The summed E-state index contributed by atoms with van der Waals surface area (Å²) in [4.78, 5) is 23.5. The molecule has 130 valence electrons. The molecule has 1 atom stereocenters. The van der Waals surface area contributed by atoms with Crippen molar-refractivity contribution in [2.45, 2.75) is 39.9 Å². The van der Waals surface area contributed by atoms with Gasteiger partial charge >= 0.3 is 6.18 Å². The molecule has 0 aliphatic heterocycles. The monoisotopic (exact) mass is 340 g/mol. The zero-order chi connectivity index (χ0) is 18.3. The lowest BCUT2D eigenvalue weighted by atomic mass is 9.87. The predicted octanol–water partition coefficient (Wildman–Crippen LogP) is 3.89. The molecule has 2 rings (SSSR count). The summed E-state index contributed by atoms with van der Waals surface area (Å²) in [5.41, 5.74) is -1.66. The van der Waals surface area contributed by atoms with E-state index in [4.69, 9.17) is 0 Å². The van der Waals surface area contributed by atoms with Gasteiger partial charge in [-0.05, 0) is 36.6 Å². The van der Waals surface area contributed by atoms with Crippen LogP contribution < -0.4 is 21.5 Å². The fourth-order valence-corrected chi connectivity index (χ4v) is 1.97. The number of hydrogen-bond acceptors (Lipinski definition) is 4. The highest BCUT2D eigenvalue weighted by Gasteiger charge is 2.30. The molecule has 4 nitrogen and oxygen atoms in total. The molecule has 0 unspecified atom stereocenters. The van der Waals surface area contributed by atoms with Gasteiger partial charge in [0, 0.05) is 11.7 Å². The Morgan fingerprint density at radius 2 is 1.42 bits per heavy atom. The van der Waals surface area contributed by atoms with Gasteiger partial charge in [0.1, 0.15) is 11.4 Å². The zero-order valence-corrected chi connectivity index (χ0v) is 13.8. The molecular weight excluding hydrogens is 321 g/mol. The number of benzene rings is 1. The highest BCUT2D eigenvalue weighted by atomic mass is 19.4. The summed E-state index contributed by atoms with van der Waals surface area (Å²) in [5, 5.41) is 5.73. The summed E-state index contributed by atoms with van der Waals surface area (Å²) in [6.45, 7) is 7.84. The van der Waals surface area contributed by atoms with Crippen LogP contribution in [0.3, 0.4) is 0 Å². The molecule has 0 amide bonds. The third kappa shape index (κ3) is 3.60. The van der Waals surface area contributed by atoms with Crippen LogP contribution in [0.4, 0.5) is 30.2 Å². The molecule has 0 aliphatic carbocycles. The van der Waals surface area contributed by atoms with Gasteiger partial charge in [0.25, 0.3) is 10.9 Å². The largest absolute Gasteiger partial charge is 0.416 e. The molecule has 0 spiro atoms. The first-order valence-corrected chi connectivity index (χ1v) is 7.45. The van der Waals surface area contributed by atoms with E-state index in [0.29, 0.717) is 5.69 Å². The molecule has 0 radical (unpaired) electrons. The van der Waals surface area contributed by atoms with Crippen molar-refractivity contribution in [3.05, 3.63) is 50.3 Å². The normalized spacial score (nSPS) is 13.8. The van der Waals surface area contributed by atoms with Crippen LogP contribution in [0.15, 0.2) is 33.9 Å². The van der Waals surface area contributed by atoms with Crippen LogP contribution in [0.1, 0.15) is 33.3 Å². The molecule has 7 heteroatoms. The summed E-state index contributed by atoms with van der Waals surface area (Å²) in [6.07, 6.45) is -4.42. The number of alkyl halides is 3. The first-order valence-electron chi connectivity index (χ1n) is 7.45. The molecular formula is C17H19F3N2O2. The smallest absolute Gasteiger partial charge is 0.377 e. The lowest BCUT2D eigenvalue weighted by molar-refractivity contribution is -0.137. The van der Waals surface area contributed by atoms with Gasteiger partial charge in [0.15, 0.2) is 0 Å². The minimum absolute atomic E-state index is 0.0750. The van der Waals surface area contributed by atoms with Crippen molar-refractivity contribution < 1.29 is 13.2 Å². The fraction of sp³-hybridized carbons (Fsp3) is 0.412. The Labute approximate surface area is 137 Å². The van der Waals surface area contributed by atoms with E-state index in [1.54, 1.807) is 0 Å². The Kier molecular flexibility index (Phi) is 4.48. The number of halogens is 3. The average molecular weight is 340 g/mol. The molecule has 0 bridgehead atoms. The maximum atomic E-state index is 12.6. The lowest BCUT2D eigenvalue weighted by Crippen LogP contribution is -2.41. The Morgan fingerprint density at radius 1 is 0.917 bits per heavy atom. The molecule has 0 saturated carbocycles. The minimum atomic E-state index is -4.42. The molecule has 0 saturated heterocycles. The van der Waals surface area contributed by atoms with Crippen LogP contribution in [0.2, 0.25) is 0 Å². The van der Waals surface area contributed by atoms with E-state index in [1.165, 1.54) is 12.1 Å². The molecule has 2 N–H and O–H groups in total. The van der Waals surface area contributed by atoms with Crippen LogP contribution in [0, 0.1) is 5.41 Å². The van der Waals surface area contributed by atoms with Crippen molar-refractivity contribution in [3.63, 3.8) is 0 Å². The van der Waals surface area contributed by atoms with Crippen molar-refractivity contribution in [2.24, 2.45) is 5.41 Å². The van der Waals surface area contributed by atoms with Gasteiger partial charge in [-0.1, -0.05) is 20.8 Å². The summed E-state index contributed by atoms with van der Waals surface area (Å²) in [7, 11) is 0. The van der Waals surface area contributed by atoms with E-state index in [-0.39, 0.29) is 22.8 Å². The Bertz CT molecular complexity index is 795. The fourth-order valence-electron chi connectivity index (χ4n) is 1.97. The van der Waals surface area contributed by atoms with Crippen molar-refractivity contribution in [3.8, 4) is 0 Å². The van der Waals surface area contributed by atoms with Crippen molar-refractivity contribution in [1.82, 2.24) is 0 Å². The van der Waals surface area contributed by atoms with E-state index in [9.17, 15) is 22.8 Å². The highest BCUT2D eigenvalue weighted by Crippen LogP contribution is 2.31. The second-order valence-corrected chi connectivity index (χ2v) is 6.84. The molecule has 0 heterocycles. The number of rotatable bonds is 4. The van der Waals surface area contributed by atoms with Gasteiger partial charge in [0.05, 0.1) is 5.56 Å². The summed E-state index contributed by atoms with van der Waals surface area (Å²) < 4.78 is 37.7. The quantitative estimate of drug-likeness (QED) is 0.829. The summed E-state index contributed by atoms with van der Waals surface area (Å²) in [5.74, 6) is 0. The number of hydrogen-bond donors (Lipinski definition) is 2. The van der Waals surface area contributed by atoms with Gasteiger partial charge in [-0.15, -0.1) is 0 Å². The van der Waals surface area contributed by atoms with E-state index in [1.807, 2.05) is 27.7 Å². The molecule has 2 aromatic carbocycles. The highest BCUT2D eigenvalue weighted by molar-refractivity contribution is 5.79. The summed E-state index contributed by atoms with van der Waals surface area (Å²) >= 11 is 0. The maximum Gasteiger partial charge on any atom is 0.416 e. The van der Waals surface area contributed by atoms with E-state index < -0.39 is 22.6 Å². The van der Waals surface area contributed by atoms with E-state index >= 15 is 0 Å². The SMILES string of the molecule is C[C@@H](Nc1c(Nc2ccc(C(F)(F)F)cc2)c(=O)c1=O)C(C)(C)C. The first-order chi connectivity index (χ1) is 10.9. The summed E-state index contributed by atoms with van der Waals surface area (Å²) in [6, 6.07) is 4.19. The van der Waals surface area contributed by atoms with E-state index in [2.05, 4.69) is 10.6 Å². The topological polar surface area (TPSA) is 58.2 Å². The molecule has 2 aromatic rings. The number of anilines is 3. The van der Waals surface area contributed by atoms with Crippen molar-refractivity contribution >= 4 is 17.1 Å². The van der Waals surface area contributed by atoms with Crippen LogP contribution in [0.5, 0.6) is 0 Å². The van der Waals surface area contributed by atoms with Crippen molar-refractivity contribution in [2.75, 3.05) is 10.6 Å². The van der Waals surface area contributed by atoms with Crippen LogP contribution in [-0.2, 0) is 6.18 Å². The van der Waals surface area contributed by atoms with Gasteiger partial charge < -0.3 is 10.6 Å². The third-order valence-corrected chi connectivity index (χ3v) is 4.05. The number of nitrogens with one attached hydrogen (secondary N) is 2. The Balaban J connectivity index is 2.21. The third-order valence-electron chi connectivity index (χ3n) is 4.05. The Hall–Kier alpha value is -2.31. The second-order valence-electron chi connectivity index (χ2n) is 6.84. The lowest BCUT2D eigenvalue weighted by Gasteiger charge is -2.30. The van der Waals surface area contributed by atoms with Gasteiger partial charge in [0.2, 0.25) is 0 Å². The molecule has 0 aliphatic rings. The molecule has 0 fully saturated rings. The average Bonchev–Trinajstić information content (AvgIpc) is 2.48. The Morgan fingerprint density at radius 3 is 1.88 bits per heavy atom. The first kappa shape index (κ1) is 18.0. The van der Waals surface area contributed by atoms with Crippen LogP contribution in [0.25, 0.3) is 0 Å². The molecule has 24 heavy (non-hydrogen) atoms. The van der Waals surface area contributed by atoms with E-state index in [0.717, 1.165) is 12.1 Å². The van der Waals surface area contributed by atoms with Crippen LogP contribution in [-0.4, -0.2) is 6.04 Å². The maximum absolute atomic E-state index is 12.6. The standard InChI is InChI=1S/C17H19F3N2O2/c1-9(16(2,3)4)21-12-13(15(24)14(12)23)22-11-7-5-10(6-8-11)17(18,19)20/h5-9,21-22H,1-4H3/t9-/m1/s1. The second kappa shape index (κ2) is 5.96. The van der Waals surface area contributed by atoms with Gasteiger partial charge in [-0.25, -0.2) is 0 Å². The van der Waals surface area contributed by atoms with Crippen LogP contribution >= 0.6 is 0 Å². The van der Waals surface area contributed by atoms with Crippen molar-refractivity contribution in [1.29, 1.82) is 0 Å². The molecule has 0 aromatic heterocycles. The van der Waals surface area contributed by atoms with Gasteiger partial charge in [-0.3, -0.25) is 9.59 Å². The minimum Gasteiger partial charge on any atom is -0.377 e. The zero-order valence-electron chi connectivity index (χ0n) is 13.8.